The van der Waals surface area contributed by atoms with Gasteiger partial charge in [0.25, 0.3) is 5.91 Å². The minimum absolute atomic E-state index is 0.0576. The summed E-state index contributed by atoms with van der Waals surface area (Å²) in [6.07, 6.45) is 1.61. The monoisotopic (exact) mass is 453 g/mol. The van der Waals surface area contributed by atoms with Gasteiger partial charge in [0, 0.05) is 32.4 Å². The van der Waals surface area contributed by atoms with Crippen LogP contribution in [0.25, 0.3) is 16.8 Å². The molecule has 8 heteroatoms. The molecule has 0 aliphatic carbocycles. The van der Waals surface area contributed by atoms with E-state index in [1.54, 1.807) is 13.2 Å². The number of ether oxygens (including phenoxy) is 4. The molecule has 1 heterocycles. The van der Waals surface area contributed by atoms with E-state index in [-0.39, 0.29) is 5.57 Å². The van der Waals surface area contributed by atoms with E-state index in [1.807, 2.05) is 24.3 Å². The van der Waals surface area contributed by atoms with Crippen molar-refractivity contribution >= 4 is 28.4 Å². The molecule has 0 spiro atoms. The highest BCUT2D eigenvalue weighted by Gasteiger charge is 2.12. The van der Waals surface area contributed by atoms with E-state index in [4.69, 9.17) is 18.9 Å². The molecule has 1 aliphatic heterocycles. The third-order valence-electron chi connectivity index (χ3n) is 5.24. The van der Waals surface area contributed by atoms with Crippen LogP contribution in [0.4, 0.5) is 5.69 Å². The summed E-state index contributed by atoms with van der Waals surface area (Å²) in [6, 6.07) is 14.2. The van der Waals surface area contributed by atoms with Crippen molar-refractivity contribution in [3.8, 4) is 6.07 Å². The molecular weight excluding hydrogens is 422 g/mol. The highest BCUT2D eigenvalue weighted by Crippen LogP contribution is 2.24. The Balaban J connectivity index is 1.51. The minimum Gasteiger partial charge on any atom is -0.382 e. The maximum Gasteiger partial charge on any atom is 0.262 e. The number of fused-ring (bicyclic) bond motifs is 1. The normalized spacial score (nSPS) is 14.3. The Labute approximate surface area is 194 Å². The average Bonchev–Trinajstić information content (AvgIpc) is 2.86. The third kappa shape index (κ3) is 7.84. The van der Waals surface area contributed by atoms with Crippen LogP contribution in [0.1, 0.15) is 5.56 Å². The summed E-state index contributed by atoms with van der Waals surface area (Å²) < 4.78 is 21.0. The van der Waals surface area contributed by atoms with Crippen LogP contribution in [0.3, 0.4) is 0 Å². The molecule has 33 heavy (non-hydrogen) atoms. The number of methoxy groups -OCH3 is 1. The van der Waals surface area contributed by atoms with Gasteiger partial charge in [0.2, 0.25) is 0 Å². The maximum absolute atomic E-state index is 12.4. The molecular formula is C25H31N3O5. The third-order valence-corrected chi connectivity index (χ3v) is 5.24. The van der Waals surface area contributed by atoms with Crippen molar-refractivity contribution in [3.05, 3.63) is 47.5 Å². The van der Waals surface area contributed by atoms with Crippen LogP contribution in [-0.4, -0.2) is 78.9 Å². The number of carbonyl (C=O) groups is 1. The number of amides is 1. The van der Waals surface area contributed by atoms with Gasteiger partial charge >= 0.3 is 0 Å². The second-order valence-electron chi connectivity index (χ2n) is 7.53. The Bertz CT molecular complexity index is 980. The number of nitrogens with zero attached hydrogens (tertiary/aromatic N) is 2. The van der Waals surface area contributed by atoms with Crippen LogP contribution in [0.15, 0.2) is 42.0 Å². The van der Waals surface area contributed by atoms with Gasteiger partial charge in [-0.25, -0.2) is 0 Å². The van der Waals surface area contributed by atoms with Gasteiger partial charge in [-0.15, -0.1) is 0 Å². The molecule has 1 aliphatic rings. The average molecular weight is 454 g/mol. The Morgan fingerprint density at radius 1 is 1.06 bits per heavy atom. The van der Waals surface area contributed by atoms with Crippen molar-refractivity contribution in [1.29, 1.82) is 5.26 Å². The van der Waals surface area contributed by atoms with Crippen molar-refractivity contribution in [2.24, 2.45) is 0 Å². The Kier molecular flexibility index (Phi) is 10.1. The van der Waals surface area contributed by atoms with Gasteiger partial charge in [-0.2, -0.15) is 5.26 Å². The lowest BCUT2D eigenvalue weighted by molar-refractivity contribution is -0.117. The molecule has 3 rings (SSSR count). The van der Waals surface area contributed by atoms with E-state index < -0.39 is 5.91 Å². The quantitative estimate of drug-likeness (QED) is 0.300. The Hall–Kier alpha value is -2.96. The zero-order valence-corrected chi connectivity index (χ0v) is 19.0. The van der Waals surface area contributed by atoms with Gasteiger partial charge in [-0.1, -0.05) is 18.2 Å². The highest BCUT2D eigenvalue weighted by molar-refractivity contribution is 6.02. The van der Waals surface area contributed by atoms with Crippen molar-refractivity contribution in [2.75, 3.05) is 77.9 Å². The summed E-state index contributed by atoms with van der Waals surface area (Å²) in [7, 11) is 1.62. The molecule has 8 nitrogen and oxygen atoms in total. The van der Waals surface area contributed by atoms with Crippen LogP contribution in [0.5, 0.6) is 0 Å². The molecule has 176 valence electrons. The van der Waals surface area contributed by atoms with E-state index in [2.05, 4.69) is 28.4 Å². The van der Waals surface area contributed by atoms with Crippen LogP contribution >= 0.6 is 0 Å². The fraction of sp³-hybridized carbons (Fsp3) is 0.440. The van der Waals surface area contributed by atoms with E-state index in [0.29, 0.717) is 39.6 Å². The molecule has 0 aromatic heterocycles. The molecule has 1 saturated heterocycles. The SMILES string of the molecule is COCCOCCOCCNC(=O)C(C#N)=Cc1ccc2cc(N3CCOCC3)ccc2c1. The first kappa shape index (κ1) is 24.7. The summed E-state index contributed by atoms with van der Waals surface area (Å²) in [6.45, 7) is 5.91. The molecule has 1 fully saturated rings. The zero-order valence-electron chi connectivity index (χ0n) is 19.0. The molecule has 1 N–H and O–H groups in total. The number of rotatable bonds is 12. The van der Waals surface area contributed by atoms with Gasteiger partial charge in [0.15, 0.2) is 0 Å². The summed E-state index contributed by atoms with van der Waals surface area (Å²) in [4.78, 5) is 14.7. The number of anilines is 1. The fourth-order valence-electron chi connectivity index (χ4n) is 3.47. The molecule has 2 aromatic carbocycles. The molecule has 0 unspecified atom stereocenters. The first-order valence-corrected chi connectivity index (χ1v) is 11.1. The first-order chi connectivity index (χ1) is 16.2. The highest BCUT2D eigenvalue weighted by atomic mass is 16.5. The van der Waals surface area contributed by atoms with Crippen molar-refractivity contribution < 1.29 is 23.7 Å². The molecule has 0 radical (unpaired) electrons. The van der Waals surface area contributed by atoms with Crippen molar-refractivity contribution in [3.63, 3.8) is 0 Å². The Morgan fingerprint density at radius 3 is 2.52 bits per heavy atom. The molecule has 0 saturated carbocycles. The lowest BCUT2D eigenvalue weighted by Gasteiger charge is -2.29. The van der Waals surface area contributed by atoms with Crippen LogP contribution in [0.2, 0.25) is 0 Å². The van der Waals surface area contributed by atoms with Crippen LogP contribution in [0, 0.1) is 11.3 Å². The fourth-order valence-corrected chi connectivity index (χ4v) is 3.47. The van der Waals surface area contributed by atoms with Crippen LogP contribution < -0.4 is 10.2 Å². The largest absolute Gasteiger partial charge is 0.382 e. The van der Waals surface area contributed by atoms with Crippen molar-refractivity contribution in [1.82, 2.24) is 5.32 Å². The van der Waals surface area contributed by atoms with E-state index >= 15 is 0 Å². The number of hydrogen-bond acceptors (Lipinski definition) is 7. The second kappa shape index (κ2) is 13.6. The predicted octanol–water partition coefficient (Wildman–Crippen LogP) is 2.38. The zero-order chi connectivity index (χ0) is 23.3. The van der Waals surface area contributed by atoms with E-state index in [0.717, 1.165) is 42.6 Å². The molecule has 0 atom stereocenters. The predicted molar refractivity (Wildman–Crippen MR) is 127 cm³/mol. The van der Waals surface area contributed by atoms with Gasteiger partial charge < -0.3 is 29.2 Å². The number of nitriles is 1. The lowest BCUT2D eigenvalue weighted by Crippen LogP contribution is -2.36. The minimum atomic E-state index is -0.416. The maximum atomic E-state index is 12.4. The lowest BCUT2D eigenvalue weighted by atomic mass is 10.0. The molecule has 1 amide bonds. The van der Waals surface area contributed by atoms with Gasteiger partial charge in [0.05, 0.1) is 46.2 Å². The number of nitrogens with one attached hydrogen (secondary N) is 1. The van der Waals surface area contributed by atoms with Gasteiger partial charge in [-0.05, 0) is 40.6 Å². The topological polar surface area (TPSA) is 93.0 Å². The molecule has 2 aromatic rings. The standard InChI is InChI=1S/C25H31N3O5/c1-30-12-13-33-15-14-31-9-6-27-25(29)23(19-26)17-20-2-3-22-18-24(5-4-21(22)16-20)28-7-10-32-11-8-28/h2-5,16-18H,6-15H2,1H3,(H,27,29). The number of hydrogen-bond donors (Lipinski definition) is 1. The molecule has 0 bridgehead atoms. The summed E-state index contributed by atoms with van der Waals surface area (Å²) in [5.41, 5.74) is 2.04. The smallest absolute Gasteiger partial charge is 0.262 e. The number of benzene rings is 2. The first-order valence-electron chi connectivity index (χ1n) is 11.1. The number of morpholine rings is 1. The summed E-state index contributed by atoms with van der Waals surface area (Å²) in [5, 5.41) is 14.3. The Morgan fingerprint density at radius 2 is 1.76 bits per heavy atom. The van der Waals surface area contributed by atoms with Crippen LogP contribution in [-0.2, 0) is 23.7 Å². The number of carbonyl (C=O) groups excluding carboxylic acids is 1. The van der Waals surface area contributed by atoms with Crippen molar-refractivity contribution in [2.45, 2.75) is 0 Å². The van der Waals surface area contributed by atoms with Gasteiger partial charge in [-0.3, -0.25) is 4.79 Å². The summed E-state index contributed by atoms with van der Waals surface area (Å²) in [5.74, 6) is -0.416. The summed E-state index contributed by atoms with van der Waals surface area (Å²) >= 11 is 0. The van der Waals surface area contributed by atoms with E-state index in [1.165, 1.54) is 5.69 Å². The van der Waals surface area contributed by atoms with Gasteiger partial charge in [0.1, 0.15) is 11.6 Å². The second-order valence-corrected chi connectivity index (χ2v) is 7.53. The van der Waals surface area contributed by atoms with E-state index in [9.17, 15) is 10.1 Å².